The Morgan fingerprint density at radius 1 is 1.20 bits per heavy atom. The molecule has 9 nitrogen and oxygen atoms in total. The van der Waals surface area contributed by atoms with Crippen molar-refractivity contribution in [2.75, 3.05) is 6.26 Å². The van der Waals surface area contributed by atoms with E-state index in [1.807, 2.05) is 0 Å². The van der Waals surface area contributed by atoms with Crippen molar-refractivity contribution < 1.29 is 29.6 Å². The van der Waals surface area contributed by atoms with Crippen LogP contribution >= 0.6 is 11.6 Å². The molecule has 0 atom stereocenters. The first-order chi connectivity index (χ1) is 8.48. The maximum absolute atomic E-state index is 11.2. The van der Waals surface area contributed by atoms with Gasteiger partial charge in [-0.25, -0.2) is 0 Å². The summed E-state index contributed by atoms with van der Waals surface area (Å²) in [6.45, 7) is 0. The first-order valence-electron chi connectivity index (χ1n) is 4.29. The number of non-ortho nitro benzene ring substituents is 1. The molecule has 107 valence electrons. The van der Waals surface area contributed by atoms with Gasteiger partial charge in [-0.1, -0.05) is 11.6 Å². The van der Waals surface area contributed by atoms with Crippen LogP contribution in [0.5, 0.6) is 5.75 Å². The average molecular weight is 355 g/mol. The van der Waals surface area contributed by atoms with E-state index in [2.05, 4.69) is 7.81 Å². The monoisotopic (exact) mass is 354 g/mol. The Kier molecular flexibility index (Phi) is 6.87. The Morgan fingerprint density at radius 3 is 2.20 bits per heavy atom. The number of hydrogen-bond acceptors (Lipinski definition) is 8. The molecule has 1 aromatic carbocycles. The van der Waals surface area contributed by atoms with Crippen LogP contribution in [0, 0.1) is 10.1 Å². The van der Waals surface area contributed by atoms with Gasteiger partial charge in [-0.15, -0.1) is 3.63 Å². The molecule has 0 bridgehead atoms. The van der Waals surface area contributed by atoms with Crippen LogP contribution in [0.2, 0.25) is 5.02 Å². The number of halogens is 1. The van der Waals surface area contributed by atoms with E-state index in [4.69, 9.17) is 11.6 Å². The van der Waals surface area contributed by atoms with E-state index in [1.54, 1.807) is 0 Å². The molecule has 0 amide bonds. The minimum Gasteiger partial charge on any atom is -0.361 e. The molecule has 0 saturated carbocycles. The van der Waals surface area contributed by atoms with Crippen LogP contribution in [0.4, 0.5) is 5.69 Å². The van der Waals surface area contributed by atoms with Crippen molar-refractivity contribution in [3.63, 3.8) is 0 Å². The number of nitrogens with zero attached hydrogens (tertiary/aromatic N) is 1. The summed E-state index contributed by atoms with van der Waals surface area (Å²) < 4.78 is 51.6. The largest absolute Gasteiger partial charge is 0.464 e. The minimum absolute atomic E-state index is 0. The van der Waals surface area contributed by atoms with Gasteiger partial charge >= 0.3 is 10.4 Å². The molecule has 0 saturated heterocycles. The molecular weight excluding hydrogens is 349 g/mol. The Balaban J connectivity index is 0.00000361. The van der Waals surface area contributed by atoms with Crippen molar-refractivity contribution >= 4 is 67.4 Å². The molecule has 0 aliphatic rings. The molecule has 20 heavy (non-hydrogen) atoms. The molecule has 0 aliphatic carbocycles. The second-order valence-electron chi connectivity index (χ2n) is 3.17. The Bertz CT molecular complexity index is 716. The number of benzene rings is 1. The number of nitro groups is 1. The Morgan fingerprint density at radius 2 is 1.75 bits per heavy atom. The maximum atomic E-state index is 11.2. The van der Waals surface area contributed by atoms with Gasteiger partial charge in [-0.2, -0.15) is 16.8 Å². The van der Waals surface area contributed by atoms with E-state index in [0.29, 0.717) is 6.26 Å². The van der Waals surface area contributed by atoms with Gasteiger partial charge in [0, 0.05) is 41.7 Å². The quantitative estimate of drug-likeness (QED) is 0.423. The molecule has 0 aromatic heterocycles. The predicted molar refractivity (Wildman–Crippen MR) is 69.3 cm³/mol. The zero-order chi connectivity index (χ0) is 14.8. The Labute approximate surface area is 141 Å². The molecule has 0 unspecified atom stereocenters. The molecular formula is C7H6ClNNaO8S2. The maximum Gasteiger partial charge on any atom is 0.464 e. The van der Waals surface area contributed by atoms with Gasteiger partial charge in [0.15, 0.2) is 5.75 Å². The van der Waals surface area contributed by atoms with Gasteiger partial charge in [-0.05, 0) is 0 Å². The van der Waals surface area contributed by atoms with Crippen LogP contribution in [0.15, 0.2) is 18.2 Å². The minimum atomic E-state index is -4.92. The van der Waals surface area contributed by atoms with Crippen LogP contribution in [0.3, 0.4) is 0 Å². The molecule has 13 heteroatoms. The zero-order valence-electron chi connectivity index (χ0n) is 10.1. The molecule has 0 spiro atoms. The van der Waals surface area contributed by atoms with Crippen LogP contribution in [0.25, 0.3) is 0 Å². The normalized spacial score (nSPS) is 11.5. The standard InChI is InChI=1S/C7H6ClNO8S2.Na/c1-18(12,13)17-19(14,15)16-7-3-5(8)2-6(4-7)9(10)11;/h2-4H,1H3;. The van der Waals surface area contributed by atoms with Crippen molar-refractivity contribution in [1.29, 1.82) is 0 Å². The summed E-state index contributed by atoms with van der Waals surface area (Å²) in [7, 11) is -9.24. The third kappa shape index (κ3) is 6.83. The van der Waals surface area contributed by atoms with Gasteiger partial charge < -0.3 is 4.18 Å². The SMILES string of the molecule is CS(=O)(=O)OS(=O)(=O)Oc1cc(Cl)cc([N+](=O)[O-])c1.[Na]. The number of rotatable bonds is 5. The summed E-state index contributed by atoms with van der Waals surface area (Å²) in [5.74, 6) is -0.553. The fourth-order valence-electron chi connectivity index (χ4n) is 0.985. The summed E-state index contributed by atoms with van der Waals surface area (Å²) in [5, 5.41) is 10.3. The van der Waals surface area contributed by atoms with Gasteiger partial charge in [0.05, 0.1) is 22.3 Å². The third-order valence-corrected chi connectivity index (χ3v) is 3.74. The molecule has 0 fully saturated rings. The second-order valence-corrected chi connectivity index (χ2v) is 6.54. The van der Waals surface area contributed by atoms with Crippen molar-refractivity contribution in [2.45, 2.75) is 0 Å². The summed E-state index contributed by atoms with van der Waals surface area (Å²) in [6.07, 6.45) is 0.494. The first-order valence-corrected chi connectivity index (χ1v) is 7.82. The Hall–Kier alpha value is -0.430. The fraction of sp³-hybridized carbons (Fsp3) is 0.143. The van der Waals surface area contributed by atoms with Gasteiger partial charge in [0.1, 0.15) is 0 Å². The van der Waals surface area contributed by atoms with Gasteiger partial charge in [0.25, 0.3) is 15.8 Å². The van der Waals surface area contributed by atoms with E-state index in [-0.39, 0.29) is 34.6 Å². The van der Waals surface area contributed by atoms with Crippen molar-refractivity contribution in [2.24, 2.45) is 0 Å². The summed E-state index contributed by atoms with van der Waals surface area (Å²) in [4.78, 5) is 9.68. The summed E-state index contributed by atoms with van der Waals surface area (Å²) >= 11 is 5.52. The first kappa shape index (κ1) is 19.6. The summed E-state index contributed by atoms with van der Waals surface area (Å²) in [5.41, 5.74) is -0.531. The molecule has 0 N–H and O–H groups in total. The van der Waals surface area contributed by atoms with Gasteiger partial charge in [0.2, 0.25) is 0 Å². The van der Waals surface area contributed by atoms with E-state index in [9.17, 15) is 26.9 Å². The van der Waals surface area contributed by atoms with Crippen molar-refractivity contribution in [3.8, 4) is 5.75 Å². The fourth-order valence-corrected chi connectivity index (χ4v) is 2.86. The molecule has 1 radical (unpaired) electrons. The second kappa shape index (κ2) is 7.02. The van der Waals surface area contributed by atoms with E-state index >= 15 is 0 Å². The predicted octanol–water partition coefficient (Wildman–Crippen LogP) is 0.467. The van der Waals surface area contributed by atoms with Crippen LogP contribution < -0.4 is 4.18 Å². The molecule has 0 heterocycles. The van der Waals surface area contributed by atoms with E-state index in [0.717, 1.165) is 18.2 Å². The number of nitro benzene ring substituents is 1. The van der Waals surface area contributed by atoms with Gasteiger partial charge in [-0.3, -0.25) is 10.1 Å². The van der Waals surface area contributed by atoms with Crippen molar-refractivity contribution in [1.82, 2.24) is 0 Å². The van der Waals surface area contributed by atoms with E-state index in [1.165, 1.54) is 0 Å². The van der Waals surface area contributed by atoms with Crippen molar-refractivity contribution in [3.05, 3.63) is 33.3 Å². The number of hydrogen-bond donors (Lipinski definition) is 0. The smallest absolute Gasteiger partial charge is 0.361 e. The van der Waals surface area contributed by atoms with Crippen LogP contribution in [-0.2, 0) is 24.1 Å². The van der Waals surface area contributed by atoms with E-state index < -0.39 is 36.9 Å². The summed E-state index contributed by atoms with van der Waals surface area (Å²) in [6, 6.07) is 2.64. The zero-order valence-corrected chi connectivity index (χ0v) is 14.5. The molecule has 0 aliphatic heterocycles. The topological polar surface area (TPSA) is 130 Å². The van der Waals surface area contributed by atoms with Crippen LogP contribution in [-0.4, -0.2) is 57.6 Å². The molecule has 1 rings (SSSR count). The third-order valence-electron chi connectivity index (χ3n) is 1.47. The molecule has 1 aromatic rings. The van der Waals surface area contributed by atoms with Crippen LogP contribution in [0.1, 0.15) is 0 Å². The average Bonchev–Trinajstić information content (AvgIpc) is 2.10.